The van der Waals surface area contributed by atoms with Crippen LogP contribution in [0.3, 0.4) is 0 Å². The van der Waals surface area contributed by atoms with Crippen LogP contribution in [0.25, 0.3) is 0 Å². The molecule has 0 heterocycles. The number of hydrogen-bond donors (Lipinski definition) is 1. The van der Waals surface area contributed by atoms with Crippen molar-refractivity contribution < 1.29 is 14.2 Å². The Hall–Kier alpha value is -1.09. The molecule has 3 heteroatoms. The van der Waals surface area contributed by atoms with Crippen LogP contribution in [0, 0.1) is 11.7 Å². The third kappa shape index (κ3) is 3.69. The summed E-state index contributed by atoms with van der Waals surface area (Å²) in [6, 6.07) is 4.37. The van der Waals surface area contributed by atoms with Gasteiger partial charge in [-0.3, -0.25) is 0 Å². The minimum absolute atomic E-state index is 0.219. The van der Waals surface area contributed by atoms with Gasteiger partial charge in [0, 0.05) is 5.56 Å². The van der Waals surface area contributed by atoms with Crippen LogP contribution >= 0.6 is 0 Å². The number of aliphatic hydroxyl groups is 1. The summed E-state index contributed by atoms with van der Waals surface area (Å²) in [4.78, 5) is 0. The molecule has 106 valence electrons. The van der Waals surface area contributed by atoms with E-state index in [-0.39, 0.29) is 11.7 Å². The van der Waals surface area contributed by atoms with Crippen molar-refractivity contribution in [2.24, 2.45) is 5.92 Å². The molecule has 1 saturated carbocycles. The third-order valence-electron chi connectivity index (χ3n) is 4.11. The second-order valence-corrected chi connectivity index (χ2v) is 5.44. The molecule has 2 nitrogen and oxygen atoms in total. The van der Waals surface area contributed by atoms with Crippen LogP contribution in [0.15, 0.2) is 18.2 Å². The SMILES string of the molecule is COc1ccc(F)cc1C(O)C1CCCCCCC1. The molecule has 1 aromatic carbocycles. The molecule has 0 bridgehead atoms. The zero-order valence-electron chi connectivity index (χ0n) is 11.6. The Morgan fingerprint density at radius 2 is 1.79 bits per heavy atom. The fourth-order valence-corrected chi connectivity index (χ4v) is 2.99. The van der Waals surface area contributed by atoms with Gasteiger partial charge in [0.2, 0.25) is 0 Å². The quantitative estimate of drug-likeness (QED) is 0.887. The topological polar surface area (TPSA) is 29.5 Å². The summed E-state index contributed by atoms with van der Waals surface area (Å²) in [6.45, 7) is 0. The predicted molar refractivity (Wildman–Crippen MR) is 73.7 cm³/mol. The molecule has 0 aromatic heterocycles. The van der Waals surface area contributed by atoms with E-state index < -0.39 is 6.10 Å². The number of aliphatic hydroxyl groups excluding tert-OH is 1. The van der Waals surface area contributed by atoms with Crippen LogP contribution in [0.4, 0.5) is 4.39 Å². The molecule has 1 aromatic rings. The van der Waals surface area contributed by atoms with Crippen molar-refractivity contribution in [2.45, 2.75) is 51.0 Å². The van der Waals surface area contributed by atoms with Gasteiger partial charge in [-0.2, -0.15) is 0 Å². The summed E-state index contributed by atoms with van der Waals surface area (Å²) >= 11 is 0. The van der Waals surface area contributed by atoms with Crippen LogP contribution in [0.5, 0.6) is 5.75 Å². The number of ether oxygens (including phenoxy) is 1. The first-order valence-corrected chi connectivity index (χ1v) is 7.24. The Morgan fingerprint density at radius 1 is 1.16 bits per heavy atom. The van der Waals surface area contributed by atoms with Crippen LogP contribution in [0.1, 0.15) is 56.6 Å². The molecule has 0 aliphatic heterocycles. The normalized spacial score (nSPS) is 19.5. The van der Waals surface area contributed by atoms with Crippen molar-refractivity contribution in [3.63, 3.8) is 0 Å². The van der Waals surface area contributed by atoms with E-state index in [1.165, 1.54) is 31.4 Å². The van der Waals surface area contributed by atoms with Crippen LogP contribution in [0.2, 0.25) is 0 Å². The van der Waals surface area contributed by atoms with Crippen molar-refractivity contribution in [1.29, 1.82) is 0 Å². The maximum absolute atomic E-state index is 13.4. The predicted octanol–water partition coefficient (Wildman–Crippen LogP) is 4.23. The molecule has 1 atom stereocenters. The number of methoxy groups -OCH3 is 1. The first-order chi connectivity index (χ1) is 9.22. The second-order valence-electron chi connectivity index (χ2n) is 5.44. The van der Waals surface area contributed by atoms with Crippen molar-refractivity contribution in [1.82, 2.24) is 0 Å². The van der Waals surface area contributed by atoms with Gasteiger partial charge in [0.1, 0.15) is 11.6 Å². The highest BCUT2D eigenvalue weighted by molar-refractivity contribution is 5.36. The lowest BCUT2D eigenvalue weighted by Gasteiger charge is -2.26. The van der Waals surface area contributed by atoms with Crippen LogP contribution < -0.4 is 4.74 Å². The number of halogens is 1. The molecule has 2 rings (SSSR count). The van der Waals surface area contributed by atoms with Gasteiger partial charge in [-0.15, -0.1) is 0 Å². The molecule has 0 radical (unpaired) electrons. The van der Waals surface area contributed by atoms with Gasteiger partial charge in [0.15, 0.2) is 0 Å². The standard InChI is InChI=1S/C16H23FO2/c1-19-15-10-9-13(17)11-14(15)16(18)12-7-5-3-2-4-6-8-12/h9-12,16,18H,2-8H2,1H3. The van der Waals surface area contributed by atoms with E-state index in [0.29, 0.717) is 11.3 Å². The van der Waals surface area contributed by atoms with Crippen LogP contribution in [-0.2, 0) is 0 Å². The molecular formula is C16H23FO2. The summed E-state index contributed by atoms with van der Waals surface area (Å²) < 4.78 is 18.6. The van der Waals surface area contributed by atoms with Crippen LogP contribution in [-0.4, -0.2) is 12.2 Å². The highest BCUT2D eigenvalue weighted by Crippen LogP contribution is 2.36. The highest BCUT2D eigenvalue weighted by atomic mass is 19.1. The van der Waals surface area contributed by atoms with Gasteiger partial charge in [-0.1, -0.05) is 32.1 Å². The third-order valence-corrected chi connectivity index (χ3v) is 4.11. The highest BCUT2D eigenvalue weighted by Gasteiger charge is 2.24. The Balaban J connectivity index is 2.16. The van der Waals surface area contributed by atoms with Gasteiger partial charge in [0.25, 0.3) is 0 Å². The zero-order valence-corrected chi connectivity index (χ0v) is 11.6. The fourth-order valence-electron chi connectivity index (χ4n) is 2.99. The zero-order chi connectivity index (χ0) is 13.7. The molecule has 1 fully saturated rings. The van der Waals surface area contributed by atoms with E-state index in [2.05, 4.69) is 0 Å². The van der Waals surface area contributed by atoms with E-state index in [1.54, 1.807) is 13.2 Å². The van der Waals surface area contributed by atoms with E-state index in [0.717, 1.165) is 25.7 Å². The molecular weight excluding hydrogens is 243 g/mol. The summed E-state index contributed by atoms with van der Waals surface area (Å²) in [6.07, 6.45) is 7.49. The number of rotatable bonds is 3. The first-order valence-electron chi connectivity index (χ1n) is 7.24. The minimum Gasteiger partial charge on any atom is -0.496 e. The van der Waals surface area contributed by atoms with Gasteiger partial charge in [-0.25, -0.2) is 4.39 Å². The van der Waals surface area contributed by atoms with E-state index in [4.69, 9.17) is 4.74 Å². The summed E-state index contributed by atoms with van der Waals surface area (Å²) in [5.74, 6) is 0.479. The second kappa shape index (κ2) is 6.90. The molecule has 1 N–H and O–H groups in total. The fraction of sp³-hybridized carbons (Fsp3) is 0.625. The maximum atomic E-state index is 13.4. The molecule has 1 aliphatic rings. The smallest absolute Gasteiger partial charge is 0.124 e. The summed E-state index contributed by atoms with van der Waals surface area (Å²) in [5.41, 5.74) is 0.591. The lowest BCUT2D eigenvalue weighted by Crippen LogP contribution is -2.15. The van der Waals surface area contributed by atoms with Gasteiger partial charge >= 0.3 is 0 Å². The maximum Gasteiger partial charge on any atom is 0.124 e. The summed E-state index contributed by atoms with van der Waals surface area (Å²) in [5, 5.41) is 10.6. The first kappa shape index (κ1) is 14.3. The molecule has 0 amide bonds. The molecule has 0 spiro atoms. The van der Waals surface area contributed by atoms with E-state index in [1.807, 2.05) is 0 Å². The Labute approximate surface area is 114 Å². The minimum atomic E-state index is -0.622. The van der Waals surface area contributed by atoms with Crippen molar-refractivity contribution >= 4 is 0 Å². The summed E-state index contributed by atoms with van der Waals surface area (Å²) in [7, 11) is 1.56. The Bertz CT molecular complexity index is 398. The van der Waals surface area contributed by atoms with Crippen molar-refractivity contribution in [3.8, 4) is 5.75 Å². The van der Waals surface area contributed by atoms with E-state index >= 15 is 0 Å². The average molecular weight is 266 g/mol. The molecule has 19 heavy (non-hydrogen) atoms. The van der Waals surface area contributed by atoms with Gasteiger partial charge < -0.3 is 9.84 Å². The van der Waals surface area contributed by atoms with Gasteiger partial charge in [0.05, 0.1) is 13.2 Å². The Morgan fingerprint density at radius 3 is 2.42 bits per heavy atom. The Kier molecular flexibility index (Phi) is 5.20. The van der Waals surface area contributed by atoms with Gasteiger partial charge in [-0.05, 0) is 37.0 Å². The lowest BCUT2D eigenvalue weighted by atomic mass is 9.84. The number of benzene rings is 1. The average Bonchev–Trinajstić information content (AvgIpc) is 2.37. The van der Waals surface area contributed by atoms with Crippen molar-refractivity contribution in [3.05, 3.63) is 29.6 Å². The largest absolute Gasteiger partial charge is 0.496 e. The monoisotopic (exact) mass is 266 g/mol. The molecule has 1 aliphatic carbocycles. The molecule has 0 saturated heterocycles. The molecule has 1 unspecified atom stereocenters. The lowest BCUT2D eigenvalue weighted by molar-refractivity contribution is 0.0884. The van der Waals surface area contributed by atoms with Crippen molar-refractivity contribution in [2.75, 3.05) is 7.11 Å². The number of hydrogen-bond acceptors (Lipinski definition) is 2. The van der Waals surface area contributed by atoms with E-state index in [9.17, 15) is 9.50 Å².